The zero-order valence-corrected chi connectivity index (χ0v) is 20.5. The maximum atomic E-state index is 7.50. The van der Waals surface area contributed by atoms with Crippen molar-refractivity contribution in [2.45, 2.75) is 90.3 Å². The first kappa shape index (κ1) is 31.0. The molecule has 4 radical (unpaired) electrons. The van der Waals surface area contributed by atoms with Gasteiger partial charge in [0.1, 0.15) is 0 Å². The van der Waals surface area contributed by atoms with Crippen molar-refractivity contribution in [2.75, 3.05) is 0 Å². The smallest absolute Gasteiger partial charge is 0 e. The molecule has 0 aromatic carbocycles. The Labute approximate surface area is 177 Å². The third kappa shape index (κ3) is 11.2. The first-order chi connectivity index (χ1) is 11.2. The van der Waals surface area contributed by atoms with Crippen LogP contribution in [0.25, 0.3) is 0 Å². The molecule has 0 saturated carbocycles. The van der Waals surface area contributed by atoms with Crippen molar-refractivity contribution in [1.29, 1.82) is 0 Å². The van der Waals surface area contributed by atoms with Crippen molar-refractivity contribution in [1.82, 2.24) is 4.98 Å². The number of nitrogens with zero attached hydrogens (tertiary/aromatic N) is 1. The molecule has 0 bridgehead atoms. The molecule has 148 valence electrons. The molecular formula is C20H35BFeNOP2-. The van der Waals surface area contributed by atoms with Gasteiger partial charge in [0, 0.05) is 40.8 Å². The SMILES string of the molecule is CC(C)P(Cc1cccc(CP(C(C)C)C(C)C)n1)C(C)C.[B-].[C-]#[O+].[Fe]. The van der Waals surface area contributed by atoms with Gasteiger partial charge in [0.2, 0.25) is 0 Å². The standard InChI is InChI=1S/C19H35NP2.CO.B.Fe/c1-14(2)21(15(3)4)12-18-10-9-11-19(20-18)13-22(16(5)6)17(7)8;1-2;;/h9-11,14-17H,12-13H2,1-8H3;;;/q;;-1;. The van der Waals surface area contributed by atoms with Gasteiger partial charge in [0.25, 0.3) is 0 Å². The Kier molecular flexibility index (Phi) is 19.5. The number of pyridine rings is 1. The van der Waals surface area contributed by atoms with Gasteiger partial charge in [-0.15, -0.1) is 0 Å². The van der Waals surface area contributed by atoms with Crippen LogP contribution < -0.4 is 0 Å². The van der Waals surface area contributed by atoms with Crippen molar-refractivity contribution in [2.24, 2.45) is 0 Å². The molecule has 1 aromatic rings. The molecule has 2 nitrogen and oxygen atoms in total. The summed E-state index contributed by atoms with van der Waals surface area (Å²) in [5, 5.41) is 0. The van der Waals surface area contributed by atoms with E-state index in [1.807, 2.05) is 0 Å². The van der Waals surface area contributed by atoms with E-state index in [1.165, 1.54) is 23.7 Å². The van der Waals surface area contributed by atoms with E-state index in [9.17, 15) is 0 Å². The van der Waals surface area contributed by atoms with Crippen LogP contribution >= 0.6 is 15.8 Å². The number of rotatable bonds is 8. The van der Waals surface area contributed by atoms with E-state index in [4.69, 9.17) is 9.64 Å². The molecule has 0 aliphatic rings. The van der Waals surface area contributed by atoms with E-state index in [-0.39, 0.29) is 41.3 Å². The summed E-state index contributed by atoms with van der Waals surface area (Å²) in [4.78, 5) is 5.01. The van der Waals surface area contributed by atoms with Crippen molar-refractivity contribution in [3.8, 4) is 0 Å². The zero-order chi connectivity index (χ0) is 18.9. The summed E-state index contributed by atoms with van der Waals surface area (Å²) in [6.45, 7) is 23.4. The van der Waals surface area contributed by atoms with Crippen LogP contribution in [0.4, 0.5) is 0 Å². The third-order valence-corrected chi connectivity index (χ3v) is 10.9. The zero-order valence-electron chi connectivity index (χ0n) is 17.6. The van der Waals surface area contributed by atoms with E-state index >= 15 is 0 Å². The first-order valence-electron chi connectivity index (χ1n) is 8.89. The number of hydrogen-bond acceptors (Lipinski definition) is 1. The minimum Gasteiger partial charge on any atom is 0 e. The summed E-state index contributed by atoms with van der Waals surface area (Å²) in [6, 6.07) is 6.69. The van der Waals surface area contributed by atoms with Gasteiger partial charge in [-0.05, 0) is 34.8 Å². The summed E-state index contributed by atoms with van der Waals surface area (Å²) >= 11 is 0. The van der Waals surface area contributed by atoms with Gasteiger partial charge in [-0.3, -0.25) is 4.98 Å². The minimum absolute atomic E-state index is 0. The minimum atomic E-state index is 0. The monoisotopic (exact) mass is 434 g/mol. The van der Waals surface area contributed by atoms with Gasteiger partial charge in [0.05, 0.1) is 0 Å². The molecule has 0 aliphatic heterocycles. The van der Waals surface area contributed by atoms with Crippen molar-refractivity contribution < 1.29 is 21.7 Å². The molecule has 1 heterocycles. The molecule has 0 aliphatic carbocycles. The number of hydrogen-bond donors (Lipinski definition) is 0. The Morgan fingerprint density at radius 3 is 1.27 bits per heavy atom. The van der Waals surface area contributed by atoms with Gasteiger partial charge in [-0.25, -0.2) is 0 Å². The van der Waals surface area contributed by atoms with Crippen LogP contribution in [-0.4, -0.2) is 36.0 Å². The van der Waals surface area contributed by atoms with Crippen LogP contribution in [-0.2, 0) is 34.0 Å². The van der Waals surface area contributed by atoms with E-state index in [1.54, 1.807) is 0 Å². The predicted molar refractivity (Wildman–Crippen MR) is 116 cm³/mol. The fraction of sp³-hybridized carbons (Fsp3) is 0.700. The van der Waals surface area contributed by atoms with Crippen LogP contribution in [0.3, 0.4) is 0 Å². The van der Waals surface area contributed by atoms with Gasteiger partial charge < -0.3 is 8.41 Å². The van der Waals surface area contributed by atoms with E-state index in [0.29, 0.717) is 0 Å². The van der Waals surface area contributed by atoms with Gasteiger partial charge in [0.15, 0.2) is 0 Å². The molecule has 0 fully saturated rings. The quantitative estimate of drug-likeness (QED) is 0.206. The summed E-state index contributed by atoms with van der Waals surface area (Å²) < 4.78 is 7.50. The molecule has 1 rings (SSSR count). The molecule has 26 heavy (non-hydrogen) atoms. The predicted octanol–water partition coefficient (Wildman–Crippen LogP) is 6.26. The van der Waals surface area contributed by atoms with Crippen LogP contribution in [0.1, 0.15) is 66.8 Å². The molecule has 0 unspecified atom stereocenters. The fourth-order valence-corrected chi connectivity index (χ4v) is 7.95. The van der Waals surface area contributed by atoms with Gasteiger partial charge in [-0.2, -0.15) is 0 Å². The Bertz CT molecular complexity index is 442. The second-order valence-corrected chi connectivity index (χ2v) is 14.2. The Balaban J connectivity index is -0.00000127. The molecule has 0 N–H and O–H groups in total. The first-order valence-corrected chi connectivity index (χ1v) is 12.2. The topological polar surface area (TPSA) is 32.8 Å². The summed E-state index contributed by atoms with van der Waals surface area (Å²) in [7, 11) is 0.0605. The third-order valence-electron chi connectivity index (χ3n) is 4.21. The van der Waals surface area contributed by atoms with Crippen molar-refractivity contribution in [3.63, 3.8) is 0 Å². The normalized spacial score (nSPS) is 10.8. The second-order valence-electron chi connectivity index (χ2n) is 7.34. The van der Waals surface area contributed by atoms with E-state index in [2.05, 4.69) is 80.2 Å². The summed E-state index contributed by atoms with van der Waals surface area (Å²) in [6.07, 6.45) is 2.36. The van der Waals surface area contributed by atoms with Crippen molar-refractivity contribution >= 4 is 24.3 Å². The van der Waals surface area contributed by atoms with Crippen LogP contribution in [0.15, 0.2) is 18.2 Å². The van der Waals surface area contributed by atoms with Crippen LogP contribution in [0.5, 0.6) is 0 Å². The molecule has 0 atom stereocenters. The van der Waals surface area contributed by atoms with Crippen LogP contribution in [0.2, 0.25) is 0 Å². The average Bonchev–Trinajstić information content (AvgIpc) is 2.51. The number of aromatic nitrogens is 1. The molecular weight excluding hydrogens is 399 g/mol. The van der Waals surface area contributed by atoms with Crippen LogP contribution in [0, 0.1) is 6.65 Å². The Morgan fingerprint density at radius 2 is 1.04 bits per heavy atom. The second kappa shape index (κ2) is 16.3. The maximum absolute atomic E-state index is 7.50. The molecule has 6 heteroatoms. The largest absolute Gasteiger partial charge is 0 e. The summed E-state index contributed by atoms with van der Waals surface area (Å²) in [5.74, 6) is 0. The molecule has 0 spiro atoms. The molecule has 0 saturated heterocycles. The molecule has 1 aromatic heterocycles. The van der Waals surface area contributed by atoms with Gasteiger partial charge >= 0.3 is 11.3 Å². The van der Waals surface area contributed by atoms with Gasteiger partial charge in [-0.1, -0.05) is 77.3 Å². The Morgan fingerprint density at radius 1 is 0.769 bits per heavy atom. The molecule has 0 amide bonds. The fourth-order valence-electron chi connectivity index (χ4n) is 3.00. The summed E-state index contributed by atoms with van der Waals surface area (Å²) in [5.41, 5.74) is 5.75. The van der Waals surface area contributed by atoms with E-state index < -0.39 is 0 Å². The maximum Gasteiger partial charge on any atom is 0 e. The Hall–Kier alpha value is 0.334. The van der Waals surface area contributed by atoms with E-state index in [0.717, 1.165) is 22.6 Å². The average molecular weight is 434 g/mol. The van der Waals surface area contributed by atoms with Crippen molar-refractivity contribution in [3.05, 3.63) is 36.2 Å².